The number of hydrogen-bond donors (Lipinski definition) is 6. The summed E-state index contributed by atoms with van der Waals surface area (Å²) in [6, 6.07) is 6.02. The van der Waals surface area contributed by atoms with E-state index in [2.05, 4.69) is 16.0 Å². The number of hydrogen-bond acceptors (Lipinski definition) is 11. The molecule has 3 saturated heterocycles. The summed E-state index contributed by atoms with van der Waals surface area (Å²) in [5, 5.41) is 45.5. The smallest absolute Gasteiger partial charge is 0.307 e. The third kappa shape index (κ3) is 11.2. The number of amides is 1. The van der Waals surface area contributed by atoms with Crippen LogP contribution in [0.4, 0.5) is 0 Å². The van der Waals surface area contributed by atoms with E-state index in [9.17, 15) is 34.5 Å². The molecule has 3 aromatic rings. The second kappa shape index (κ2) is 19.6. The Balaban J connectivity index is 1.07. The van der Waals surface area contributed by atoms with Crippen molar-refractivity contribution in [2.24, 2.45) is 35.5 Å². The van der Waals surface area contributed by atoms with Crippen molar-refractivity contribution in [1.82, 2.24) is 20.9 Å². The van der Waals surface area contributed by atoms with Crippen LogP contribution in [0.5, 0.6) is 0 Å². The predicted molar refractivity (Wildman–Crippen MR) is 209 cm³/mol. The molecule has 3 aromatic heterocycles. The zero-order valence-corrected chi connectivity index (χ0v) is 33.0. The molecule has 3 aliphatic rings. The van der Waals surface area contributed by atoms with E-state index >= 15 is 0 Å². The first-order chi connectivity index (χ1) is 26.1. The Bertz CT molecular complexity index is 1710. The molecular formula is C39H52N4O8S3. The van der Waals surface area contributed by atoms with Gasteiger partial charge in [0.25, 0.3) is 0 Å². The fraction of sp³-hybridized carbons (Fsp3) is 0.590. The number of aliphatic carboxylic acids is 3. The average molecular weight is 801 g/mol. The van der Waals surface area contributed by atoms with Crippen LogP contribution in [0.1, 0.15) is 50.6 Å². The lowest BCUT2D eigenvalue weighted by Crippen LogP contribution is -2.34. The van der Waals surface area contributed by atoms with Crippen LogP contribution in [0.2, 0.25) is 0 Å². The number of thiophene rings is 3. The molecule has 3 aliphatic heterocycles. The lowest BCUT2D eigenvalue weighted by molar-refractivity contribution is -0.144. The number of carbonyl (C=O) groups is 4. The van der Waals surface area contributed by atoms with Crippen LogP contribution < -0.4 is 16.0 Å². The van der Waals surface area contributed by atoms with Crippen molar-refractivity contribution in [3.8, 4) is 0 Å². The lowest BCUT2D eigenvalue weighted by Gasteiger charge is -2.22. The van der Waals surface area contributed by atoms with Crippen LogP contribution in [0.25, 0.3) is 0 Å². The summed E-state index contributed by atoms with van der Waals surface area (Å²) in [7, 11) is 0. The number of carboxylic acids is 3. The van der Waals surface area contributed by atoms with Crippen LogP contribution >= 0.6 is 34.0 Å². The maximum Gasteiger partial charge on any atom is 0.307 e. The number of nitrogens with zero attached hydrogens (tertiary/aromatic N) is 1. The number of rotatable bonds is 21. The molecule has 0 bridgehead atoms. The minimum absolute atomic E-state index is 0.0586. The van der Waals surface area contributed by atoms with Crippen LogP contribution in [0.15, 0.2) is 34.3 Å². The van der Waals surface area contributed by atoms with Gasteiger partial charge in [0.05, 0.1) is 43.9 Å². The van der Waals surface area contributed by atoms with Crippen molar-refractivity contribution < 1.29 is 39.2 Å². The molecule has 6 N–H and O–H groups in total. The van der Waals surface area contributed by atoms with Crippen LogP contribution in [0, 0.1) is 35.5 Å². The van der Waals surface area contributed by atoms with Gasteiger partial charge in [0.2, 0.25) is 5.91 Å². The van der Waals surface area contributed by atoms with E-state index in [1.54, 1.807) is 16.2 Å². The molecule has 1 amide bonds. The molecule has 6 rings (SSSR count). The molecule has 294 valence electrons. The second-order valence-electron chi connectivity index (χ2n) is 15.0. The van der Waals surface area contributed by atoms with Gasteiger partial charge in [-0.3, -0.25) is 19.2 Å². The quantitative estimate of drug-likeness (QED) is 0.0851. The van der Waals surface area contributed by atoms with Gasteiger partial charge in [-0.15, -0.1) is 34.0 Å². The Labute approximate surface area is 328 Å². The van der Waals surface area contributed by atoms with Crippen LogP contribution in [-0.2, 0) is 62.7 Å². The molecule has 3 fully saturated rings. The van der Waals surface area contributed by atoms with Crippen molar-refractivity contribution in [1.29, 1.82) is 0 Å². The van der Waals surface area contributed by atoms with E-state index in [0.717, 1.165) is 76.8 Å². The van der Waals surface area contributed by atoms with Crippen LogP contribution in [-0.4, -0.2) is 96.5 Å². The summed E-state index contributed by atoms with van der Waals surface area (Å²) in [6.45, 7) is 6.09. The number of ether oxygens (including phenoxy) is 1. The molecule has 12 nitrogen and oxygen atoms in total. The van der Waals surface area contributed by atoms with Gasteiger partial charge < -0.3 is 40.9 Å². The average Bonchev–Trinajstić information content (AvgIpc) is 3.99. The number of carboxylic acid groups (broad SMARTS) is 3. The van der Waals surface area contributed by atoms with Gasteiger partial charge in [0.1, 0.15) is 0 Å². The Morgan fingerprint density at radius 2 is 1.09 bits per heavy atom. The largest absolute Gasteiger partial charge is 0.481 e. The highest BCUT2D eigenvalue weighted by Gasteiger charge is 2.33. The molecule has 6 atom stereocenters. The Hall–Kier alpha value is -3.18. The Morgan fingerprint density at radius 1 is 0.667 bits per heavy atom. The topological polar surface area (TPSA) is 178 Å². The molecule has 0 aliphatic carbocycles. The second-order valence-corrected chi connectivity index (χ2v) is 18.0. The zero-order valence-electron chi connectivity index (χ0n) is 30.5. The first-order valence-electron chi connectivity index (χ1n) is 19.0. The predicted octanol–water partition coefficient (Wildman–Crippen LogP) is 4.22. The molecule has 54 heavy (non-hydrogen) atoms. The molecule has 0 radical (unpaired) electrons. The first kappa shape index (κ1) is 40.5. The molecular weight excluding hydrogens is 749 g/mol. The molecule has 15 heteroatoms. The van der Waals surface area contributed by atoms with Crippen molar-refractivity contribution in [2.75, 3.05) is 52.4 Å². The minimum atomic E-state index is -0.784. The van der Waals surface area contributed by atoms with Crippen molar-refractivity contribution in [3.63, 3.8) is 0 Å². The molecule has 0 aromatic carbocycles. The van der Waals surface area contributed by atoms with E-state index in [-0.39, 0.29) is 30.1 Å². The van der Waals surface area contributed by atoms with Gasteiger partial charge in [-0.05, 0) is 147 Å². The van der Waals surface area contributed by atoms with Crippen molar-refractivity contribution >= 4 is 57.8 Å². The Morgan fingerprint density at radius 3 is 1.54 bits per heavy atom. The van der Waals surface area contributed by atoms with E-state index < -0.39 is 35.7 Å². The summed E-state index contributed by atoms with van der Waals surface area (Å²) in [4.78, 5) is 54.8. The van der Waals surface area contributed by atoms with E-state index in [4.69, 9.17) is 4.74 Å². The molecule has 0 spiro atoms. The summed E-state index contributed by atoms with van der Waals surface area (Å²) in [6.07, 6.45) is 4.15. The maximum absolute atomic E-state index is 13.9. The number of carbonyl (C=O) groups excluding carboxylic acids is 1. The fourth-order valence-corrected chi connectivity index (χ4v) is 10.8. The normalized spacial score (nSPS) is 21.6. The summed E-state index contributed by atoms with van der Waals surface area (Å²) < 4.78 is 6.08. The Kier molecular flexibility index (Phi) is 14.7. The SMILES string of the molecule is O=C(O)C(Cc1csc(COCCN(Cc2cc(CC(C(=O)O)C3CCNC3)cs2)C(=O)Cc2cc(CC(C(=O)O)C3CCNC3)cs2)c1)C1CCNC1. The first-order valence-corrected chi connectivity index (χ1v) is 21.6. The van der Waals surface area contributed by atoms with Crippen molar-refractivity contribution in [3.05, 3.63) is 65.7 Å². The van der Waals surface area contributed by atoms with Gasteiger partial charge in [0, 0.05) is 21.2 Å². The molecule has 6 unspecified atom stereocenters. The van der Waals surface area contributed by atoms with E-state index in [1.165, 1.54) is 22.7 Å². The summed E-state index contributed by atoms with van der Waals surface area (Å²) in [5.41, 5.74) is 2.91. The van der Waals surface area contributed by atoms with Crippen molar-refractivity contribution in [2.45, 2.75) is 58.1 Å². The van der Waals surface area contributed by atoms with Gasteiger partial charge in [-0.2, -0.15) is 0 Å². The lowest BCUT2D eigenvalue weighted by atomic mass is 9.87. The monoisotopic (exact) mass is 800 g/mol. The van der Waals surface area contributed by atoms with Gasteiger partial charge in [0.15, 0.2) is 0 Å². The third-order valence-electron chi connectivity index (χ3n) is 11.2. The van der Waals surface area contributed by atoms with Gasteiger partial charge in [-0.1, -0.05) is 0 Å². The zero-order chi connectivity index (χ0) is 38.0. The summed E-state index contributed by atoms with van der Waals surface area (Å²) >= 11 is 4.57. The number of nitrogens with one attached hydrogen (secondary N) is 3. The third-order valence-corrected chi connectivity index (χ3v) is 14.1. The molecule has 6 heterocycles. The highest BCUT2D eigenvalue weighted by atomic mass is 32.1. The van der Waals surface area contributed by atoms with E-state index in [1.807, 2.05) is 34.3 Å². The van der Waals surface area contributed by atoms with Gasteiger partial charge in [-0.25, -0.2) is 0 Å². The van der Waals surface area contributed by atoms with Gasteiger partial charge >= 0.3 is 17.9 Å². The summed E-state index contributed by atoms with van der Waals surface area (Å²) in [5.74, 6) is -3.40. The van der Waals surface area contributed by atoms with E-state index in [0.29, 0.717) is 58.7 Å². The fourth-order valence-electron chi connectivity index (χ4n) is 8.13. The standard InChI is InChI=1S/C39H52N4O8S3/c44-36(15-30-9-24(21-52-30)12-33(37(45)46)27-1-4-40-16-27)43(19-31-10-25(22-53-31)13-34(38(47)48)28-2-5-41-17-28)7-8-51-20-32-11-26(23-54-32)14-35(39(49)50)29-3-6-42-18-29/h9-11,21-23,27-29,33-35,40-42H,1-8,12-20H2,(H,45,46)(H,47,48)(H,49,50). The highest BCUT2D eigenvalue weighted by Crippen LogP contribution is 2.29. The van der Waals surface area contributed by atoms with Crippen LogP contribution in [0.3, 0.4) is 0 Å². The molecule has 0 saturated carbocycles. The minimum Gasteiger partial charge on any atom is -0.481 e. The maximum atomic E-state index is 13.9. The highest BCUT2D eigenvalue weighted by molar-refractivity contribution is 7.10.